The van der Waals surface area contributed by atoms with Gasteiger partial charge in [-0.25, -0.2) is 0 Å². The number of ether oxygens (including phenoxy) is 1. The van der Waals surface area contributed by atoms with Crippen molar-refractivity contribution in [2.45, 2.75) is 32.4 Å². The van der Waals surface area contributed by atoms with E-state index in [0.29, 0.717) is 12.5 Å². The van der Waals surface area contributed by atoms with Crippen LogP contribution in [0.1, 0.15) is 24.5 Å². The minimum atomic E-state index is -0.184. The van der Waals surface area contributed by atoms with Crippen LogP contribution in [0.15, 0.2) is 24.3 Å². The fourth-order valence-corrected chi connectivity index (χ4v) is 3.13. The second-order valence-corrected chi connectivity index (χ2v) is 5.86. The Balaban J connectivity index is 2.78. The normalized spacial score (nSPS) is 12.4. The summed E-state index contributed by atoms with van der Waals surface area (Å²) in [5.74, 6) is 0.947. The summed E-state index contributed by atoms with van der Waals surface area (Å²) in [5, 5.41) is 0. The molecule has 1 atom stereocenters. The van der Waals surface area contributed by atoms with Gasteiger partial charge in [0, 0.05) is 18.3 Å². The zero-order valence-electron chi connectivity index (χ0n) is 12.9. The summed E-state index contributed by atoms with van der Waals surface area (Å²) in [7, 11) is 3.59. The minimum Gasteiger partial charge on any atom is -0.469 e. The van der Waals surface area contributed by atoms with Crippen molar-refractivity contribution in [3.8, 4) is 0 Å². The van der Waals surface area contributed by atoms with Crippen LogP contribution in [0.5, 0.6) is 0 Å². The highest BCUT2D eigenvalue weighted by molar-refractivity contribution is 7.98. The van der Waals surface area contributed by atoms with Crippen LogP contribution in [0.25, 0.3) is 0 Å². The first-order chi connectivity index (χ1) is 9.62. The quantitative estimate of drug-likeness (QED) is 0.690. The molecule has 0 radical (unpaired) electrons. The molecule has 0 N–H and O–H groups in total. The Labute approximate surface area is 126 Å². The lowest BCUT2D eigenvalue weighted by Crippen LogP contribution is -2.33. The molecule has 3 nitrogen and oxygen atoms in total. The van der Waals surface area contributed by atoms with E-state index in [1.807, 2.05) is 30.0 Å². The van der Waals surface area contributed by atoms with Gasteiger partial charge < -0.3 is 4.74 Å². The average molecular weight is 295 g/mol. The van der Waals surface area contributed by atoms with Crippen molar-refractivity contribution in [2.75, 3.05) is 26.2 Å². The first-order valence-electron chi connectivity index (χ1n) is 6.95. The maximum atomic E-state index is 11.5. The van der Waals surface area contributed by atoms with Crippen LogP contribution in [0.2, 0.25) is 0 Å². The molecule has 0 spiro atoms. The number of hydrogen-bond acceptors (Lipinski definition) is 4. The van der Waals surface area contributed by atoms with Crippen molar-refractivity contribution in [2.24, 2.45) is 0 Å². The number of benzene rings is 1. The minimum absolute atomic E-state index is 0.184. The van der Waals surface area contributed by atoms with Gasteiger partial charge in [-0.2, -0.15) is 11.8 Å². The molecule has 0 aliphatic rings. The Kier molecular flexibility index (Phi) is 7.70. The fourth-order valence-electron chi connectivity index (χ4n) is 2.26. The van der Waals surface area contributed by atoms with Gasteiger partial charge in [0.1, 0.15) is 0 Å². The monoisotopic (exact) mass is 295 g/mol. The SMILES string of the molecule is CCC(CSC)N(C)Cc1ccccc1CC(=O)OC. The molecule has 1 aromatic rings. The number of hydrogen-bond donors (Lipinski definition) is 0. The van der Waals surface area contributed by atoms with Crippen LogP contribution in [-0.4, -0.2) is 43.1 Å². The molecule has 20 heavy (non-hydrogen) atoms. The predicted molar refractivity (Wildman–Crippen MR) is 86.1 cm³/mol. The number of carbonyl (C=O) groups excluding carboxylic acids is 1. The zero-order valence-corrected chi connectivity index (χ0v) is 13.7. The van der Waals surface area contributed by atoms with E-state index < -0.39 is 0 Å². The van der Waals surface area contributed by atoms with Gasteiger partial charge in [-0.05, 0) is 30.9 Å². The third-order valence-corrected chi connectivity index (χ3v) is 4.27. The van der Waals surface area contributed by atoms with Crippen molar-refractivity contribution in [1.82, 2.24) is 4.90 Å². The summed E-state index contributed by atoms with van der Waals surface area (Å²) >= 11 is 1.88. The topological polar surface area (TPSA) is 29.5 Å². The van der Waals surface area contributed by atoms with E-state index in [2.05, 4.69) is 31.2 Å². The molecule has 0 bridgehead atoms. The number of methoxy groups -OCH3 is 1. The Morgan fingerprint density at radius 3 is 2.55 bits per heavy atom. The molecular weight excluding hydrogens is 270 g/mol. The number of carbonyl (C=O) groups is 1. The number of esters is 1. The van der Waals surface area contributed by atoms with E-state index in [-0.39, 0.29) is 5.97 Å². The molecule has 1 unspecified atom stereocenters. The van der Waals surface area contributed by atoms with Crippen molar-refractivity contribution >= 4 is 17.7 Å². The highest BCUT2D eigenvalue weighted by Gasteiger charge is 2.15. The summed E-state index contributed by atoms with van der Waals surface area (Å²) in [6.07, 6.45) is 3.62. The lowest BCUT2D eigenvalue weighted by molar-refractivity contribution is -0.139. The van der Waals surface area contributed by atoms with E-state index in [1.165, 1.54) is 12.7 Å². The van der Waals surface area contributed by atoms with Crippen LogP contribution in [0, 0.1) is 0 Å². The van der Waals surface area contributed by atoms with Crippen LogP contribution in [-0.2, 0) is 22.5 Å². The standard InChI is InChI=1S/C16H25NO2S/c1-5-15(12-20-4)17(2)11-14-9-7-6-8-13(14)10-16(18)19-3/h6-9,15H,5,10-12H2,1-4H3. The first kappa shape index (κ1) is 17.1. The molecule has 0 amide bonds. The fraction of sp³-hybridized carbons (Fsp3) is 0.562. The molecule has 112 valence electrons. The van der Waals surface area contributed by atoms with Gasteiger partial charge in [0.05, 0.1) is 13.5 Å². The Morgan fingerprint density at radius 2 is 2.00 bits per heavy atom. The van der Waals surface area contributed by atoms with Gasteiger partial charge in [-0.15, -0.1) is 0 Å². The maximum absolute atomic E-state index is 11.5. The van der Waals surface area contributed by atoms with E-state index in [9.17, 15) is 4.79 Å². The molecule has 0 aliphatic heterocycles. The Hall–Kier alpha value is -1.00. The molecule has 0 aromatic heterocycles. The molecule has 1 aromatic carbocycles. The highest BCUT2D eigenvalue weighted by atomic mass is 32.2. The molecule has 0 saturated carbocycles. The summed E-state index contributed by atoms with van der Waals surface area (Å²) in [5.41, 5.74) is 2.27. The molecule has 1 rings (SSSR count). The van der Waals surface area contributed by atoms with Gasteiger partial charge >= 0.3 is 5.97 Å². The lowest BCUT2D eigenvalue weighted by atomic mass is 10.0. The Morgan fingerprint density at radius 1 is 1.35 bits per heavy atom. The van der Waals surface area contributed by atoms with Crippen molar-refractivity contribution in [1.29, 1.82) is 0 Å². The summed E-state index contributed by atoms with van der Waals surface area (Å²) in [6.45, 7) is 3.09. The molecule has 4 heteroatoms. The Bertz CT molecular complexity index is 423. The van der Waals surface area contributed by atoms with Crippen LogP contribution < -0.4 is 0 Å². The number of thioether (sulfide) groups is 1. The molecule has 0 saturated heterocycles. The summed E-state index contributed by atoms with van der Waals surface area (Å²) in [6, 6.07) is 8.67. The predicted octanol–water partition coefficient (Wildman–Crippen LogP) is 2.98. The molecule has 0 heterocycles. The van der Waals surface area contributed by atoms with E-state index in [4.69, 9.17) is 4.74 Å². The zero-order chi connectivity index (χ0) is 15.0. The third-order valence-electron chi connectivity index (χ3n) is 3.55. The van der Waals surface area contributed by atoms with E-state index in [1.54, 1.807) is 0 Å². The highest BCUT2D eigenvalue weighted by Crippen LogP contribution is 2.16. The van der Waals surface area contributed by atoms with Gasteiger partial charge in [0.15, 0.2) is 0 Å². The van der Waals surface area contributed by atoms with Crippen LogP contribution >= 0.6 is 11.8 Å². The van der Waals surface area contributed by atoms with Crippen LogP contribution in [0.3, 0.4) is 0 Å². The second kappa shape index (κ2) is 9.03. The lowest BCUT2D eigenvalue weighted by Gasteiger charge is -2.27. The van der Waals surface area contributed by atoms with Crippen LogP contribution in [0.4, 0.5) is 0 Å². The third kappa shape index (κ3) is 5.17. The second-order valence-electron chi connectivity index (χ2n) is 4.95. The van der Waals surface area contributed by atoms with Gasteiger partial charge in [0.2, 0.25) is 0 Å². The van der Waals surface area contributed by atoms with Crippen molar-refractivity contribution in [3.05, 3.63) is 35.4 Å². The number of rotatable bonds is 8. The first-order valence-corrected chi connectivity index (χ1v) is 8.34. The number of nitrogens with zero attached hydrogens (tertiary/aromatic N) is 1. The summed E-state index contributed by atoms with van der Waals surface area (Å²) < 4.78 is 4.77. The molecule has 0 fully saturated rings. The van der Waals surface area contributed by atoms with Gasteiger partial charge in [-0.1, -0.05) is 31.2 Å². The molecule has 0 aliphatic carbocycles. The molecular formula is C16H25NO2S. The maximum Gasteiger partial charge on any atom is 0.309 e. The largest absolute Gasteiger partial charge is 0.469 e. The van der Waals surface area contributed by atoms with Crippen molar-refractivity contribution in [3.63, 3.8) is 0 Å². The van der Waals surface area contributed by atoms with Crippen molar-refractivity contribution < 1.29 is 9.53 Å². The average Bonchev–Trinajstić information content (AvgIpc) is 2.46. The summed E-state index contributed by atoms with van der Waals surface area (Å²) in [4.78, 5) is 13.8. The van der Waals surface area contributed by atoms with E-state index >= 15 is 0 Å². The smallest absolute Gasteiger partial charge is 0.309 e. The van der Waals surface area contributed by atoms with Gasteiger partial charge in [0.25, 0.3) is 0 Å². The van der Waals surface area contributed by atoms with Gasteiger partial charge in [-0.3, -0.25) is 9.69 Å². The van der Waals surface area contributed by atoms with E-state index in [0.717, 1.165) is 24.3 Å².